The van der Waals surface area contributed by atoms with Gasteiger partial charge < -0.3 is 15.0 Å². The third-order valence-corrected chi connectivity index (χ3v) is 6.29. The van der Waals surface area contributed by atoms with Gasteiger partial charge >= 0.3 is 6.30 Å². The Balaban J connectivity index is 1.42. The Hall–Kier alpha value is -4.37. The molecule has 1 atom stereocenters. The maximum atomic E-state index is 13.4. The van der Waals surface area contributed by atoms with Crippen molar-refractivity contribution in [2.45, 2.75) is 31.8 Å². The van der Waals surface area contributed by atoms with Crippen LogP contribution < -0.4 is 15.6 Å². The standard InChI is InChI=1S/C26H24F3N7O2/c1-3-17-11-18-12-31-25(32-19-6-8-21(9-7-19)38-22-5-4-10-34(2)15-22)33-23(18)35(24(17)37)14-20-13-30-16-36(20)26(27,28)29/h1,6-9,11-13,16,22H,4-5,10,14-15H2,2H3,(H,31,32,33). The monoisotopic (exact) mass is 523 g/mol. The van der Waals surface area contributed by atoms with Crippen LogP contribution in [0, 0.1) is 12.3 Å². The molecule has 0 spiro atoms. The largest absolute Gasteiger partial charge is 0.489 e. The van der Waals surface area contributed by atoms with Crippen molar-refractivity contribution in [3.05, 3.63) is 70.7 Å². The number of piperidine rings is 1. The number of pyridine rings is 1. The van der Waals surface area contributed by atoms with Crippen LogP contribution in [0.2, 0.25) is 0 Å². The van der Waals surface area contributed by atoms with E-state index in [-0.39, 0.29) is 33.5 Å². The number of likely N-dealkylation sites (N-methyl/N-ethyl adjacent to an activating group) is 1. The number of rotatable bonds is 6. The lowest BCUT2D eigenvalue weighted by Gasteiger charge is -2.30. The van der Waals surface area contributed by atoms with Crippen molar-refractivity contribution in [3.8, 4) is 18.1 Å². The van der Waals surface area contributed by atoms with E-state index >= 15 is 0 Å². The van der Waals surface area contributed by atoms with Crippen LogP contribution in [0.5, 0.6) is 5.75 Å². The molecule has 1 aliphatic heterocycles. The fourth-order valence-electron chi connectivity index (χ4n) is 4.45. The van der Waals surface area contributed by atoms with E-state index < -0.39 is 18.4 Å². The van der Waals surface area contributed by atoms with Gasteiger partial charge in [0.2, 0.25) is 5.95 Å². The third kappa shape index (κ3) is 5.33. The number of hydrogen-bond acceptors (Lipinski definition) is 7. The molecule has 0 aliphatic carbocycles. The molecule has 1 fully saturated rings. The van der Waals surface area contributed by atoms with Crippen LogP contribution >= 0.6 is 0 Å². The molecular weight excluding hydrogens is 499 g/mol. The highest BCUT2D eigenvalue weighted by molar-refractivity contribution is 5.77. The summed E-state index contributed by atoms with van der Waals surface area (Å²) in [6, 6.07) is 8.74. The number of imidazole rings is 1. The van der Waals surface area contributed by atoms with Gasteiger partial charge in [0.05, 0.1) is 24.0 Å². The first-order valence-electron chi connectivity index (χ1n) is 11.9. The second-order valence-electron chi connectivity index (χ2n) is 9.08. The Morgan fingerprint density at radius 2 is 2.03 bits per heavy atom. The minimum absolute atomic E-state index is 0.0142. The molecule has 9 nitrogen and oxygen atoms in total. The van der Waals surface area contributed by atoms with Crippen LogP contribution in [0.4, 0.5) is 24.8 Å². The highest BCUT2D eigenvalue weighted by atomic mass is 19.4. The fourth-order valence-corrected chi connectivity index (χ4v) is 4.45. The highest BCUT2D eigenvalue weighted by Gasteiger charge is 2.32. The Bertz CT molecular complexity index is 1550. The van der Waals surface area contributed by atoms with Crippen LogP contribution in [0.15, 0.2) is 53.8 Å². The fraction of sp³-hybridized carbons (Fsp3) is 0.308. The zero-order valence-corrected chi connectivity index (χ0v) is 20.4. The summed E-state index contributed by atoms with van der Waals surface area (Å²) in [5, 5.41) is 3.47. The number of anilines is 2. The number of ether oxygens (including phenoxy) is 1. The molecule has 1 aliphatic rings. The highest BCUT2D eigenvalue weighted by Crippen LogP contribution is 2.25. The average Bonchev–Trinajstić information content (AvgIpc) is 3.36. The van der Waals surface area contributed by atoms with Crippen LogP contribution in [-0.4, -0.2) is 55.2 Å². The number of aromatic nitrogens is 5. The van der Waals surface area contributed by atoms with Gasteiger partial charge in [0.15, 0.2) is 0 Å². The molecule has 4 heterocycles. The topological polar surface area (TPSA) is 90.1 Å². The normalized spacial score (nSPS) is 16.3. The number of halogens is 3. The van der Waals surface area contributed by atoms with Crippen molar-refractivity contribution in [2.75, 3.05) is 25.5 Å². The lowest BCUT2D eigenvalue weighted by atomic mass is 10.1. The van der Waals surface area contributed by atoms with E-state index in [1.165, 1.54) is 12.3 Å². The van der Waals surface area contributed by atoms with Crippen LogP contribution in [0.1, 0.15) is 24.1 Å². The molecule has 0 bridgehead atoms. The molecular formula is C26H24F3N7O2. The second-order valence-corrected chi connectivity index (χ2v) is 9.08. The summed E-state index contributed by atoms with van der Waals surface area (Å²) in [6.45, 7) is 1.50. The SMILES string of the molecule is C#Cc1cc2cnc(Nc3ccc(OC4CCCN(C)C4)cc3)nc2n(Cc2cncn2C(F)(F)F)c1=O. The lowest BCUT2D eigenvalue weighted by molar-refractivity contribution is -0.205. The molecule has 196 valence electrons. The minimum Gasteiger partial charge on any atom is -0.489 e. The van der Waals surface area contributed by atoms with Gasteiger partial charge in [0.25, 0.3) is 5.56 Å². The summed E-state index contributed by atoms with van der Waals surface area (Å²) < 4.78 is 47.4. The Labute approximate surface area is 215 Å². The van der Waals surface area contributed by atoms with E-state index in [1.54, 1.807) is 0 Å². The predicted molar refractivity (Wildman–Crippen MR) is 135 cm³/mol. The molecule has 0 saturated carbocycles. The molecule has 5 rings (SSSR count). The zero-order valence-electron chi connectivity index (χ0n) is 20.4. The van der Waals surface area contributed by atoms with Crippen LogP contribution in [0.25, 0.3) is 11.0 Å². The van der Waals surface area contributed by atoms with E-state index in [0.717, 1.165) is 42.4 Å². The molecule has 1 aromatic carbocycles. The maximum Gasteiger partial charge on any atom is 0.489 e. The summed E-state index contributed by atoms with van der Waals surface area (Å²) in [4.78, 5) is 27.5. The average molecular weight is 524 g/mol. The van der Waals surface area contributed by atoms with Crippen molar-refractivity contribution in [3.63, 3.8) is 0 Å². The zero-order chi connectivity index (χ0) is 26.9. The van der Waals surface area contributed by atoms with E-state index in [1.807, 2.05) is 24.3 Å². The number of hydrogen-bond donors (Lipinski definition) is 1. The van der Waals surface area contributed by atoms with E-state index in [9.17, 15) is 18.0 Å². The van der Waals surface area contributed by atoms with Gasteiger partial charge in [-0.1, -0.05) is 5.92 Å². The van der Waals surface area contributed by atoms with Crippen molar-refractivity contribution >= 4 is 22.7 Å². The summed E-state index contributed by atoms with van der Waals surface area (Å²) in [7, 11) is 2.07. The first kappa shape index (κ1) is 25.3. The molecule has 12 heteroatoms. The van der Waals surface area contributed by atoms with Crippen LogP contribution in [0.3, 0.4) is 0 Å². The van der Waals surface area contributed by atoms with Crippen molar-refractivity contribution < 1.29 is 17.9 Å². The van der Waals surface area contributed by atoms with Crippen molar-refractivity contribution in [1.82, 2.24) is 29.0 Å². The molecule has 4 aromatic rings. The van der Waals surface area contributed by atoms with Gasteiger partial charge in [-0.15, -0.1) is 19.6 Å². The summed E-state index contributed by atoms with van der Waals surface area (Å²) in [6.07, 6.45) is 6.15. The number of alkyl halides is 3. The Kier molecular flexibility index (Phi) is 6.77. The van der Waals surface area contributed by atoms with Gasteiger partial charge in [-0.05, 0) is 56.8 Å². The first-order chi connectivity index (χ1) is 18.2. The van der Waals surface area contributed by atoms with Gasteiger partial charge in [-0.25, -0.2) is 14.5 Å². The minimum atomic E-state index is -4.69. The first-order valence-corrected chi connectivity index (χ1v) is 11.9. The van der Waals surface area contributed by atoms with Gasteiger partial charge in [-0.3, -0.25) is 9.36 Å². The predicted octanol–water partition coefficient (Wildman–Crippen LogP) is 3.71. The van der Waals surface area contributed by atoms with Crippen molar-refractivity contribution in [2.24, 2.45) is 0 Å². The molecule has 3 aromatic heterocycles. The van der Waals surface area contributed by atoms with E-state index in [0.29, 0.717) is 17.4 Å². The number of benzene rings is 1. The van der Waals surface area contributed by atoms with Gasteiger partial charge in [-0.2, -0.15) is 4.98 Å². The number of fused-ring (bicyclic) bond motifs is 1. The molecule has 1 N–H and O–H groups in total. The number of nitrogens with zero attached hydrogens (tertiary/aromatic N) is 6. The van der Waals surface area contributed by atoms with Crippen LogP contribution in [-0.2, 0) is 12.8 Å². The van der Waals surface area contributed by atoms with Gasteiger partial charge in [0.1, 0.15) is 23.8 Å². The number of likely N-dealkylation sites (tertiary alicyclic amines) is 1. The molecule has 0 radical (unpaired) electrons. The van der Waals surface area contributed by atoms with Crippen molar-refractivity contribution in [1.29, 1.82) is 0 Å². The second kappa shape index (κ2) is 10.2. The molecule has 0 amide bonds. The maximum absolute atomic E-state index is 13.4. The summed E-state index contributed by atoms with van der Waals surface area (Å²) in [5.41, 5.74) is -0.110. The third-order valence-electron chi connectivity index (χ3n) is 6.29. The molecule has 1 saturated heterocycles. The Morgan fingerprint density at radius 3 is 2.74 bits per heavy atom. The number of nitrogens with one attached hydrogen (secondary N) is 1. The molecule has 1 unspecified atom stereocenters. The lowest BCUT2D eigenvalue weighted by Crippen LogP contribution is -2.38. The summed E-state index contributed by atoms with van der Waals surface area (Å²) in [5.74, 6) is 3.18. The molecule has 38 heavy (non-hydrogen) atoms. The van der Waals surface area contributed by atoms with Gasteiger partial charge in [0, 0.05) is 23.8 Å². The summed E-state index contributed by atoms with van der Waals surface area (Å²) >= 11 is 0. The smallest absolute Gasteiger partial charge is 0.489 e. The van der Waals surface area contributed by atoms with E-state index in [4.69, 9.17) is 11.2 Å². The quantitative estimate of drug-likeness (QED) is 0.386. The Morgan fingerprint density at radius 1 is 1.24 bits per heavy atom. The van der Waals surface area contributed by atoms with E-state index in [2.05, 4.69) is 38.1 Å². The number of terminal acetylenes is 1.